The van der Waals surface area contributed by atoms with E-state index in [1.165, 1.54) is 0 Å². The summed E-state index contributed by atoms with van der Waals surface area (Å²) in [6.45, 7) is -0.887. The molecule has 13 heavy (non-hydrogen) atoms. The van der Waals surface area contributed by atoms with Crippen molar-refractivity contribution in [2.45, 2.75) is 19.0 Å². The molecule has 78 valence electrons. The highest BCUT2D eigenvalue weighted by Crippen LogP contribution is 2.15. The largest absolute Gasteiger partial charge is 0.406 e. The van der Waals surface area contributed by atoms with Crippen molar-refractivity contribution < 1.29 is 18.0 Å². The van der Waals surface area contributed by atoms with Crippen molar-refractivity contribution in [3.63, 3.8) is 0 Å². The normalized spacial score (nSPS) is 11.5. The van der Waals surface area contributed by atoms with Gasteiger partial charge in [-0.25, -0.2) is 0 Å². The van der Waals surface area contributed by atoms with Gasteiger partial charge < -0.3 is 10.6 Å². The molecule has 0 saturated carbocycles. The summed E-state index contributed by atoms with van der Waals surface area (Å²) in [7, 11) is 1.13. The first-order chi connectivity index (χ1) is 5.87. The number of rotatable bonds is 4. The van der Waals surface area contributed by atoms with Crippen LogP contribution >= 0.6 is 0 Å². The zero-order valence-corrected chi connectivity index (χ0v) is 7.40. The van der Waals surface area contributed by atoms with Crippen LogP contribution in [0.4, 0.5) is 13.2 Å². The van der Waals surface area contributed by atoms with Crippen LogP contribution in [0.3, 0.4) is 0 Å². The molecule has 0 unspecified atom stereocenters. The molecule has 0 radical (unpaired) electrons. The van der Waals surface area contributed by atoms with Gasteiger partial charge in [-0.2, -0.15) is 13.2 Å². The first-order valence-corrected chi connectivity index (χ1v) is 3.87. The van der Waals surface area contributed by atoms with Gasteiger partial charge in [-0.3, -0.25) is 4.79 Å². The Hall–Kier alpha value is -0.780. The van der Waals surface area contributed by atoms with Gasteiger partial charge >= 0.3 is 6.18 Å². The molecule has 0 aromatic carbocycles. The molecule has 0 aliphatic rings. The average molecular weight is 198 g/mol. The van der Waals surface area contributed by atoms with E-state index in [2.05, 4.69) is 0 Å². The first-order valence-electron chi connectivity index (χ1n) is 3.87. The molecule has 0 aliphatic carbocycles. The van der Waals surface area contributed by atoms with E-state index in [-0.39, 0.29) is 6.42 Å². The standard InChI is InChI=1S/C7H13F3N2O/c1-12(5-7(8,9)10)6(13)3-2-4-11/h2-5,11H2,1H3. The molecule has 1 amide bonds. The minimum absolute atomic E-state index is 0.0725. The Morgan fingerprint density at radius 2 is 2.00 bits per heavy atom. The third-order valence-electron chi connectivity index (χ3n) is 1.44. The molecule has 3 nitrogen and oxygen atoms in total. The highest BCUT2D eigenvalue weighted by Gasteiger charge is 2.30. The number of carbonyl (C=O) groups excluding carboxylic acids is 1. The molecular weight excluding hydrogens is 185 g/mol. The SMILES string of the molecule is CN(CC(F)(F)F)C(=O)CCCN. The van der Waals surface area contributed by atoms with Crippen molar-refractivity contribution in [1.29, 1.82) is 0 Å². The summed E-state index contributed by atoms with van der Waals surface area (Å²) in [5.74, 6) is -0.525. The fourth-order valence-electron chi connectivity index (χ4n) is 0.801. The lowest BCUT2D eigenvalue weighted by molar-refractivity contribution is -0.158. The van der Waals surface area contributed by atoms with E-state index in [1.54, 1.807) is 0 Å². The second kappa shape index (κ2) is 5.06. The zero-order valence-electron chi connectivity index (χ0n) is 7.40. The monoisotopic (exact) mass is 198 g/mol. The minimum atomic E-state index is -4.33. The summed E-state index contributed by atoms with van der Waals surface area (Å²) >= 11 is 0. The van der Waals surface area contributed by atoms with Gasteiger partial charge in [0.25, 0.3) is 0 Å². The second-order valence-corrected chi connectivity index (χ2v) is 2.76. The van der Waals surface area contributed by atoms with Crippen LogP contribution in [-0.2, 0) is 4.79 Å². The lowest BCUT2D eigenvalue weighted by Crippen LogP contribution is -2.35. The van der Waals surface area contributed by atoms with Gasteiger partial charge in [0, 0.05) is 13.5 Å². The predicted octanol–water partition coefficient (Wildman–Crippen LogP) is 0.746. The van der Waals surface area contributed by atoms with Crippen LogP contribution in [0.1, 0.15) is 12.8 Å². The zero-order chi connectivity index (χ0) is 10.5. The molecule has 0 saturated heterocycles. The molecule has 0 aliphatic heterocycles. The summed E-state index contributed by atoms with van der Waals surface area (Å²) in [6.07, 6.45) is -3.84. The molecule has 0 heterocycles. The Bertz CT molecular complexity index is 170. The van der Waals surface area contributed by atoms with Crippen LogP contribution in [0.15, 0.2) is 0 Å². The molecule has 0 fully saturated rings. The minimum Gasteiger partial charge on any atom is -0.337 e. The number of carbonyl (C=O) groups is 1. The van der Waals surface area contributed by atoms with Crippen molar-refractivity contribution in [3.8, 4) is 0 Å². The maximum absolute atomic E-state index is 11.8. The van der Waals surface area contributed by atoms with Crippen molar-refractivity contribution >= 4 is 5.91 Å². The molecule has 0 aromatic rings. The van der Waals surface area contributed by atoms with Gasteiger partial charge in [-0.15, -0.1) is 0 Å². The number of halogens is 3. The number of nitrogens with two attached hydrogens (primary N) is 1. The second-order valence-electron chi connectivity index (χ2n) is 2.76. The van der Waals surface area contributed by atoms with Crippen LogP contribution in [-0.4, -0.2) is 37.1 Å². The van der Waals surface area contributed by atoms with Crippen molar-refractivity contribution in [2.24, 2.45) is 5.73 Å². The van der Waals surface area contributed by atoms with Crippen LogP contribution in [0.5, 0.6) is 0 Å². The van der Waals surface area contributed by atoms with E-state index in [4.69, 9.17) is 5.73 Å². The lowest BCUT2D eigenvalue weighted by atomic mass is 10.3. The van der Waals surface area contributed by atoms with Gasteiger partial charge in [0.2, 0.25) is 5.91 Å². The summed E-state index contributed by atoms with van der Waals surface area (Å²) in [5.41, 5.74) is 5.11. The van der Waals surface area contributed by atoms with Crippen LogP contribution < -0.4 is 5.73 Å². The highest BCUT2D eigenvalue weighted by atomic mass is 19.4. The van der Waals surface area contributed by atoms with Crippen molar-refractivity contribution in [2.75, 3.05) is 20.1 Å². The van der Waals surface area contributed by atoms with Crippen LogP contribution in [0.25, 0.3) is 0 Å². The Morgan fingerprint density at radius 3 is 2.38 bits per heavy atom. The molecule has 0 rings (SSSR count). The molecular formula is C7H13F3N2O. The lowest BCUT2D eigenvalue weighted by Gasteiger charge is -2.18. The van der Waals surface area contributed by atoms with E-state index in [0.29, 0.717) is 17.9 Å². The van der Waals surface area contributed by atoms with Crippen molar-refractivity contribution in [1.82, 2.24) is 4.90 Å². The van der Waals surface area contributed by atoms with Crippen molar-refractivity contribution in [3.05, 3.63) is 0 Å². The van der Waals surface area contributed by atoms with E-state index in [0.717, 1.165) is 7.05 Å². The Kier molecular flexibility index (Phi) is 4.76. The van der Waals surface area contributed by atoms with Gasteiger partial charge in [0.05, 0.1) is 0 Å². The fourth-order valence-corrected chi connectivity index (χ4v) is 0.801. The first kappa shape index (κ1) is 12.2. The molecule has 0 spiro atoms. The molecule has 0 atom stereocenters. The highest BCUT2D eigenvalue weighted by molar-refractivity contribution is 5.75. The molecule has 6 heteroatoms. The number of hydrogen-bond donors (Lipinski definition) is 1. The number of hydrogen-bond acceptors (Lipinski definition) is 2. The fraction of sp³-hybridized carbons (Fsp3) is 0.857. The Balaban J connectivity index is 3.83. The number of nitrogens with zero attached hydrogens (tertiary/aromatic N) is 1. The van der Waals surface area contributed by atoms with E-state index in [9.17, 15) is 18.0 Å². The predicted molar refractivity (Wildman–Crippen MR) is 42.0 cm³/mol. The van der Waals surface area contributed by atoms with Gasteiger partial charge in [0.15, 0.2) is 0 Å². The van der Waals surface area contributed by atoms with Crippen LogP contribution in [0.2, 0.25) is 0 Å². The topological polar surface area (TPSA) is 46.3 Å². The van der Waals surface area contributed by atoms with Gasteiger partial charge in [-0.05, 0) is 13.0 Å². The quantitative estimate of drug-likeness (QED) is 0.724. The molecule has 0 aromatic heterocycles. The number of alkyl halides is 3. The van der Waals surface area contributed by atoms with E-state index >= 15 is 0 Å². The van der Waals surface area contributed by atoms with Crippen LogP contribution in [0, 0.1) is 0 Å². The maximum atomic E-state index is 11.8. The summed E-state index contributed by atoms with van der Waals surface area (Å²) in [4.78, 5) is 11.6. The third kappa shape index (κ3) is 6.39. The van der Waals surface area contributed by atoms with E-state index in [1.807, 2.05) is 0 Å². The smallest absolute Gasteiger partial charge is 0.337 e. The third-order valence-corrected chi connectivity index (χ3v) is 1.44. The summed E-state index contributed by atoms with van der Waals surface area (Å²) in [5, 5.41) is 0. The van der Waals surface area contributed by atoms with Gasteiger partial charge in [-0.1, -0.05) is 0 Å². The Labute approximate surface area is 74.7 Å². The number of amides is 1. The van der Waals surface area contributed by atoms with Gasteiger partial charge in [0.1, 0.15) is 6.54 Å². The maximum Gasteiger partial charge on any atom is 0.406 e. The molecule has 2 N–H and O–H groups in total. The van der Waals surface area contributed by atoms with E-state index < -0.39 is 18.6 Å². The Morgan fingerprint density at radius 1 is 1.46 bits per heavy atom. The summed E-state index contributed by atoms with van der Waals surface area (Å²) in [6, 6.07) is 0. The average Bonchev–Trinajstić information content (AvgIpc) is 1.96. The summed E-state index contributed by atoms with van der Waals surface area (Å²) < 4.78 is 35.3. The molecule has 0 bridgehead atoms.